The van der Waals surface area contributed by atoms with E-state index in [0.29, 0.717) is 63.2 Å². The summed E-state index contributed by atoms with van der Waals surface area (Å²) in [5, 5.41) is 0. The van der Waals surface area contributed by atoms with Crippen LogP contribution in [0.3, 0.4) is 0 Å². The van der Waals surface area contributed by atoms with Crippen molar-refractivity contribution in [3.8, 4) is 0 Å². The number of hydrogen-bond acceptors (Lipinski definition) is 8. The van der Waals surface area contributed by atoms with Crippen molar-refractivity contribution >= 4 is 36.5 Å². The Bertz CT molecular complexity index is 1450. The highest BCUT2D eigenvalue weighted by atomic mass is 28.3. The summed E-state index contributed by atoms with van der Waals surface area (Å²) in [5.41, 5.74) is 10.9. The van der Waals surface area contributed by atoms with Crippen LogP contribution in [0.5, 0.6) is 0 Å². The molecule has 2 N–H and O–H groups in total. The Balaban J connectivity index is 1.50. The van der Waals surface area contributed by atoms with Crippen LogP contribution in [0.2, 0.25) is 25.7 Å². The van der Waals surface area contributed by atoms with Crippen molar-refractivity contribution in [1.29, 1.82) is 0 Å². The molecule has 43 heavy (non-hydrogen) atoms. The molecule has 0 bridgehead atoms. The van der Waals surface area contributed by atoms with Crippen molar-refractivity contribution in [1.82, 2.24) is 19.4 Å². The van der Waals surface area contributed by atoms with E-state index in [9.17, 15) is 4.79 Å². The van der Waals surface area contributed by atoms with Crippen LogP contribution in [0.25, 0.3) is 11.0 Å². The molecule has 3 aromatic rings. The van der Waals surface area contributed by atoms with Gasteiger partial charge in [0.05, 0.1) is 61.6 Å². The highest BCUT2D eigenvalue weighted by Crippen LogP contribution is 2.34. The first kappa shape index (κ1) is 31.4. The third-order valence-corrected chi connectivity index (χ3v) is 10.2. The minimum Gasteiger partial charge on any atom is -0.383 e. The number of nitrogen functional groups attached to an aromatic ring is 1. The summed E-state index contributed by atoms with van der Waals surface area (Å²) in [6.45, 7) is 15.2. The van der Waals surface area contributed by atoms with Gasteiger partial charge in [-0.15, -0.1) is 0 Å². The first-order valence-corrected chi connectivity index (χ1v) is 19.1. The van der Waals surface area contributed by atoms with Crippen molar-refractivity contribution < 1.29 is 23.4 Å². The van der Waals surface area contributed by atoms with Gasteiger partial charge in [-0.05, 0) is 25.0 Å². The average Bonchev–Trinajstić information content (AvgIpc) is 3.61. The van der Waals surface area contributed by atoms with Gasteiger partial charge in [0.25, 0.3) is 5.91 Å². The number of morpholine rings is 1. The Morgan fingerprint density at radius 1 is 1.14 bits per heavy atom. The SMILES string of the molecule is CCC(CC)N(Cc1ncc(N2CCOCC2)cc1F)C(=O)c1cc2nc(N)c3c(c2n1COCC[Si](C)(C)C)COC3. The smallest absolute Gasteiger partial charge is 0.271 e. The van der Waals surface area contributed by atoms with E-state index in [-0.39, 0.29) is 30.9 Å². The third kappa shape index (κ3) is 6.87. The standard InChI is InChI=1S/C31H45FN6O4Si/c1-6-21(7-2)37(17-27-25(32)14-22(16-34-27)36-8-10-40-11-9-36)31(39)28-15-26-29(23-18-42-19-24(23)30(33)35-26)38(28)20-41-12-13-43(3,4)5/h14-16,21H,6-13,17-20H2,1-5H3,(H2,33,35). The monoisotopic (exact) mass is 612 g/mol. The molecule has 1 amide bonds. The van der Waals surface area contributed by atoms with Crippen LogP contribution in [-0.2, 0) is 40.7 Å². The molecule has 10 nitrogen and oxygen atoms in total. The van der Waals surface area contributed by atoms with Gasteiger partial charge in [0.1, 0.15) is 24.1 Å². The number of fused-ring (bicyclic) bond motifs is 3. The lowest BCUT2D eigenvalue weighted by Gasteiger charge is -2.31. The van der Waals surface area contributed by atoms with E-state index in [1.54, 1.807) is 17.2 Å². The number of pyridine rings is 2. The average molecular weight is 613 g/mol. The van der Waals surface area contributed by atoms with Crippen LogP contribution in [0.1, 0.15) is 54.0 Å². The van der Waals surface area contributed by atoms with Crippen LogP contribution in [0, 0.1) is 5.82 Å². The molecule has 0 atom stereocenters. The molecule has 3 aromatic heterocycles. The summed E-state index contributed by atoms with van der Waals surface area (Å²) in [6, 6.07) is 4.20. The molecule has 0 spiro atoms. The predicted molar refractivity (Wildman–Crippen MR) is 168 cm³/mol. The summed E-state index contributed by atoms with van der Waals surface area (Å²) in [4.78, 5) is 27.5. The number of carbonyl (C=O) groups excluding carboxylic acids is 1. The number of hydrogen-bond donors (Lipinski definition) is 1. The zero-order chi connectivity index (χ0) is 30.7. The fraction of sp³-hybridized carbons (Fsp3) is 0.581. The number of rotatable bonds is 12. The van der Waals surface area contributed by atoms with Crippen molar-refractivity contribution in [3.63, 3.8) is 0 Å². The van der Waals surface area contributed by atoms with Crippen LogP contribution >= 0.6 is 0 Å². The molecule has 5 heterocycles. The molecule has 234 valence electrons. The van der Waals surface area contributed by atoms with Gasteiger partial charge in [-0.1, -0.05) is 33.5 Å². The van der Waals surface area contributed by atoms with E-state index in [0.717, 1.165) is 41.2 Å². The highest BCUT2D eigenvalue weighted by molar-refractivity contribution is 6.76. The first-order chi connectivity index (χ1) is 20.6. The van der Waals surface area contributed by atoms with Gasteiger partial charge in [0.15, 0.2) is 0 Å². The van der Waals surface area contributed by atoms with E-state index in [1.165, 1.54) is 6.07 Å². The van der Waals surface area contributed by atoms with E-state index < -0.39 is 13.9 Å². The second-order valence-electron chi connectivity index (χ2n) is 12.6. The van der Waals surface area contributed by atoms with Gasteiger partial charge in [-0.2, -0.15) is 0 Å². The van der Waals surface area contributed by atoms with Gasteiger partial charge in [0, 0.05) is 51.0 Å². The Labute approximate surface area is 254 Å². The van der Waals surface area contributed by atoms with Gasteiger partial charge in [-0.25, -0.2) is 9.37 Å². The zero-order valence-corrected chi connectivity index (χ0v) is 27.1. The number of aromatic nitrogens is 3. The molecule has 2 aliphatic rings. The normalized spacial score (nSPS) is 15.5. The van der Waals surface area contributed by atoms with Crippen LogP contribution < -0.4 is 10.6 Å². The molecule has 1 fully saturated rings. The van der Waals surface area contributed by atoms with E-state index in [4.69, 9.17) is 19.9 Å². The highest BCUT2D eigenvalue weighted by Gasteiger charge is 2.31. The van der Waals surface area contributed by atoms with Gasteiger partial charge >= 0.3 is 0 Å². The molecule has 0 saturated carbocycles. The molecule has 0 aliphatic carbocycles. The summed E-state index contributed by atoms with van der Waals surface area (Å²) in [5.74, 6) is -0.225. The minimum atomic E-state index is -1.31. The second kappa shape index (κ2) is 13.3. The Kier molecular flexibility index (Phi) is 9.69. The number of nitrogens with two attached hydrogens (primary N) is 1. The first-order valence-electron chi connectivity index (χ1n) is 15.3. The van der Waals surface area contributed by atoms with Crippen LogP contribution in [0.4, 0.5) is 15.9 Å². The number of nitrogens with zero attached hydrogens (tertiary/aromatic N) is 5. The van der Waals surface area contributed by atoms with E-state index in [1.807, 2.05) is 18.4 Å². The van der Waals surface area contributed by atoms with Gasteiger partial charge in [0.2, 0.25) is 0 Å². The lowest BCUT2D eigenvalue weighted by atomic mass is 10.1. The third-order valence-electron chi connectivity index (χ3n) is 8.45. The van der Waals surface area contributed by atoms with Crippen LogP contribution in [0.15, 0.2) is 18.3 Å². The lowest BCUT2D eigenvalue weighted by Crippen LogP contribution is -2.41. The largest absolute Gasteiger partial charge is 0.383 e. The molecule has 5 rings (SSSR count). The number of ether oxygens (including phenoxy) is 3. The molecule has 0 aromatic carbocycles. The summed E-state index contributed by atoms with van der Waals surface area (Å²) in [6.07, 6.45) is 3.13. The Morgan fingerprint density at radius 3 is 2.53 bits per heavy atom. The second-order valence-corrected chi connectivity index (χ2v) is 18.2. The number of amides is 1. The Morgan fingerprint density at radius 2 is 1.86 bits per heavy atom. The van der Waals surface area contributed by atoms with Crippen LogP contribution in [-0.4, -0.2) is 72.4 Å². The topological polar surface area (TPSA) is 108 Å². The predicted octanol–water partition coefficient (Wildman–Crippen LogP) is 5.16. The molecular weight excluding hydrogens is 567 g/mol. The maximum absolute atomic E-state index is 15.5. The minimum absolute atomic E-state index is 0.0508. The molecule has 1 saturated heterocycles. The van der Waals surface area contributed by atoms with Crippen molar-refractivity contribution in [2.24, 2.45) is 0 Å². The van der Waals surface area contributed by atoms with Crippen molar-refractivity contribution in [2.75, 3.05) is 43.5 Å². The molecule has 0 unspecified atom stereocenters. The maximum atomic E-state index is 15.5. The van der Waals surface area contributed by atoms with Crippen molar-refractivity contribution in [2.45, 2.75) is 84.9 Å². The number of carbonyl (C=O) groups is 1. The van der Waals surface area contributed by atoms with Gasteiger partial charge < -0.3 is 34.3 Å². The summed E-state index contributed by atoms with van der Waals surface area (Å²) in [7, 11) is -1.31. The fourth-order valence-electron chi connectivity index (χ4n) is 5.82. The fourth-order valence-corrected chi connectivity index (χ4v) is 6.58. The van der Waals surface area contributed by atoms with E-state index >= 15 is 4.39 Å². The quantitative estimate of drug-likeness (QED) is 0.221. The van der Waals surface area contributed by atoms with Gasteiger partial charge in [-0.3, -0.25) is 9.78 Å². The summed E-state index contributed by atoms with van der Waals surface area (Å²) < 4.78 is 34.8. The Hall–Kier alpha value is -3.06. The number of halogens is 1. The molecule has 0 radical (unpaired) electrons. The molecule has 12 heteroatoms. The molecule has 2 aliphatic heterocycles. The summed E-state index contributed by atoms with van der Waals surface area (Å²) >= 11 is 0. The van der Waals surface area contributed by atoms with E-state index in [2.05, 4.69) is 34.5 Å². The zero-order valence-electron chi connectivity index (χ0n) is 26.1. The molecular formula is C31H45FN6O4Si. The lowest BCUT2D eigenvalue weighted by molar-refractivity contribution is 0.0587. The van der Waals surface area contributed by atoms with Crippen molar-refractivity contribution in [3.05, 3.63) is 46.7 Å². The maximum Gasteiger partial charge on any atom is 0.271 e. The number of anilines is 2.